The van der Waals surface area contributed by atoms with Crippen LogP contribution in [0.2, 0.25) is 0 Å². The molecule has 0 fully saturated rings. The Morgan fingerprint density at radius 3 is 2.53 bits per heavy atom. The molecule has 5 nitrogen and oxygen atoms in total. The number of methoxy groups -OCH3 is 1. The van der Waals surface area contributed by atoms with Gasteiger partial charge in [-0.05, 0) is 18.6 Å². The molecule has 0 aromatic heterocycles. The Balaban J connectivity index is 2.23. The molecule has 1 aromatic carbocycles. The van der Waals surface area contributed by atoms with Gasteiger partial charge in [0.15, 0.2) is 6.61 Å². The van der Waals surface area contributed by atoms with Crippen LogP contribution >= 0.6 is 0 Å². The first-order valence-electron chi connectivity index (χ1n) is 6.12. The van der Waals surface area contributed by atoms with E-state index >= 15 is 0 Å². The predicted octanol–water partition coefficient (Wildman–Crippen LogP) is 1.48. The Morgan fingerprint density at radius 1 is 1.21 bits per heavy atom. The van der Waals surface area contributed by atoms with Crippen molar-refractivity contribution in [2.45, 2.75) is 12.8 Å². The quantitative estimate of drug-likeness (QED) is 0.701. The number of benzene rings is 1. The second-order valence-electron chi connectivity index (χ2n) is 4.10. The summed E-state index contributed by atoms with van der Waals surface area (Å²) in [7, 11) is 3.04. The number of esters is 1. The Bertz CT molecular complexity index is 405. The van der Waals surface area contributed by atoms with E-state index in [-0.39, 0.29) is 18.5 Å². The second kappa shape index (κ2) is 8.13. The van der Waals surface area contributed by atoms with Crippen molar-refractivity contribution in [3.63, 3.8) is 0 Å². The Morgan fingerprint density at radius 2 is 1.89 bits per heavy atom. The van der Waals surface area contributed by atoms with E-state index in [1.54, 1.807) is 24.1 Å². The molecule has 0 N–H and O–H groups in total. The van der Waals surface area contributed by atoms with E-state index in [0.29, 0.717) is 25.1 Å². The fraction of sp³-hybridized carbons (Fsp3) is 0.429. The molecule has 1 aromatic rings. The fourth-order valence-electron chi connectivity index (χ4n) is 1.46. The fourth-order valence-corrected chi connectivity index (χ4v) is 1.46. The van der Waals surface area contributed by atoms with Crippen LogP contribution in [0.5, 0.6) is 5.75 Å². The van der Waals surface area contributed by atoms with E-state index < -0.39 is 0 Å². The van der Waals surface area contributed by atoms with Crippen molar-refractivity contribution in [1.29, 1.82) is 0 Å². The molecule has 1 amide bonds. The van der Waals surface area contributed by atoms with Crippen molar-refractivity contribution in [3.05, 3.63) is 30.3 Å². The number of para-hydroxylation sites is 1. The van der Waals surface area contributed by atoms with Crippen LogP contribution in [0.3, 0.4) is 0 Å². The number of hydrogen-bond acceptors (Lipinski definition) is 4. The van der Waals surface area contributed by atoms with Gasteiger partial charge in [-0.3, -0.25) is 9.59 Å². The van der Waals surface area contributed by atoms with Gasteiger partial charge in [-0.15, -0.1) is 0 Å². The van der Waals surface area contributed by atoms with Crippen molar-refractivity contribution < 1.29 is 19.1 Å². The largest absolute Gasteiger partial charge is 0.484 e. The maximum atomic E-state index is 11.7. The zero-order chi connectivity index (χ0) is 14.1. The molecular formula is C14H19NO4. The summed E-state index contributed by atoms with van der Waals surface area (Å²) in [4.78, 5) is 24.2. The van der Waals surface area contributed by atoms with Crippen LogP contribution in [0, 0.1) is 0 Å². The molecule has 0 aliphatic carbocycles. The molecule has 0 heterocycles. The number of amides is 1. The van der Waals surface area contributed by atoms with E-state index in [4.69, 9.17) is 4.74 Å². The molecule has 0 saturated heterocycles. The minimum atomic E-state index is -0.263. The zero-order valence-electron chi connectivity index (χ0n) is 11.3. The van der Waals surface area contributed by atoms with Gasteiger partial charge >= 0.3 is 5.97 Å². The molecule has 0 atom stereocenters. The van der Waals surface area contributed by atoms with Crippen LogP contribution < -0.4 is 4.74 Å². The summed E-state index contributed by atoms with van der Waals surface area (Å²) in [6.07, 6.45) is 0.897. The summed E-state index contributed by atoms with van der Waals surface area (Å²) in [5.41, 5.74) is 0. The van der Waals surface area contributed by atoms with Gasteiger partial charge < -0.3 is 14.4 Å². The van der Waals surface area contributed by atoms with Crippen LogP contribution in [-0.2, 0) is 14.3 Å². The van der Waals surface area contributed by atoms with E-state index in [9.17, 15) is 9.59 Å². The lowest BCUT2D eigenvalue weighted by Gasteiger charge is -2.17. The molecule has 104 valence electrons. The van der Waals surface area contributed by atoms with Gasteiger partial charge in [0.25, 0.3) is 5.91 Å². The third kappa shape index (κ3) is 5.90. The maximum absolute atomic E-state index is 11.7. The average molecular weight is 265 g/mol. The Hall–Kier alpha value is -2.04. The molecular weight excluding hydrogens is 246 g/mol. The average Bonchev–Trinajstić information content (AvgIpc) is 2.45. The highest BCUT2D eigenvalue weighted by molar-refractivity contribution is 5.77. The minimum Gasteiger partial charge on any atom is -0.484 e. The molecule has 0 aliphatic heterocycles. The number of rotatable bonds is 7. The van der Waals surface area contributed by atoms with Gasteiger partial charge in [0, 0.05) is 20.0 Å². The van der Waals surface area contributed by atoms with E-state index in [2.05, 4.69) is 4.74 Å². The van der Waals surface area contributed by atoms with Crippen LogP contribution in [0.15, 0.2) is 30.3 Å². The second-order valence-corrected chi connectivity index (χ2v) is 4.10. The number of likely N-dealkylation sites (N-methyl/N-ethyl adjacent to an activating group) is 1. The lowest BCUT2D eigenvalue weighted by Crippen LogP contribution is -2.32. The first-order chi connectivity index (χ1) is 9.13. The van der Waals surface area contributed by atoms with Gasteiger partial charge in [-0.2, -0.15) is 0 Å². The molecule has 0 bridgehead atoms. The monoisotopic (exact) mass is 265 g/mol. The summed E-state index contributed by atoms with van der Waals surface area (Å²) in [5, 5.41) is 0. The summed E-state index contributed by atoms with van der Waals surface area (Å²) in [6, 6.07) is 9.17. The SMILES string of the molecule is COC(=O)CCCN(C)C(=O)COc1ccccc1. The molecule has 0 spiro atoms. The smallest absolute Gasteiger partial charge is 0.305 e. The molecule has 0 unspecified atom stereocenters. The van der Waals surface area contributed by atoms with E-state index in [1.807, 2.05) is 18.2 Å². The lowest BCUT2D eigenvalue weighted by atomic mass is 10.3. The van der Waals surface area contributed by atoms with Gasteiger partial charge in [-0.25, -0.2) is 0 Å². The molecule has 0 aliphatic rings. The third-order valence-electron chi connectivity index (χ3n) is 2.63. The molecule has 0 saturated carbocycles. The number of carbonyl (C=O) groups excluding carboxylic acids is 2. The van der Waals surface area contributed by atoms with Crippen molar-refractivity contribution >= 4 is 11.9 Å². The van der Waals surface area contributed by atoms with Crippen molar-refractivity contribution in [1.82, 2.24) is 4.90 Å². The number of nitrogens with zero attached hydrogens (tertiary/aromatic N) is 1. The van der Waals surface area contributed by atoms with E-state index in [1.165, 1.54) is 7.11 Å². The number of carbonyl (C=O) groups is 2. The van der Waals surface area contributed by atoms with Gasteiger partial charge in [0.05, 0.1) is 7.11 Å². The van der Waals surface area contributed by atoms with Crippen LogP contribution in [0.25, 0.3) is 0 Å². The molecule has 0 radical (unpaired) electrons. The highest BCUT2D eigenvalue weighted by Gasteiger charge is 2.10. The summed E-state index contributed by atoms with van der Waals surface area (Å²) >= 11 is 0. The Labute approximate surface area is 113 Å². The molecule has 1 rings (SSSR count). The van der Waals surface area contributed by atoms with Crippen molar-refractivity contribution in [2.75, 3.05) is 27.3 Å². The first-order valence-corrected chi connectivity index (χ1v) is 6.12. The first kappa shape index (κ1) is 15.0. The lowest BCUT2D eigenvalue weighted by molar-refractivity contribution is -0.141. The summed E-state index contributed by atoms with van der Waals surface area (Å²) in [5.74, 6) is 0.286. The number of ether oxygens (including phenoxy) is 2. The summed E-state index contributed by atoms with van der Waals surface area (Å²) in [6.45, 7) is 0.505. The minimum absolute atomic E-state index is 0.00125. The van der Waals surface area contributed by atoms with Gasteiger partial charge in [0.1, 0.15) is 5.75 Å². The number of hydrogen-bond donors (Lipinski definition) is 0. The van der Waals surface area contributed by atoms with Gasteiger partial charge in [-0.1, -0.05) is 18.2 Å². The highest BCUT2D eigenvalue weighted by atomic mass is 16.5. The van der Waals surface area contributed by atoms with Crippen LogP contribution in [0.1, 0.15) is 12.8 Å². The highest BCUT2D eigenvalue weighted by Crippen LogP contribution is 2.08. The summed E-state index contributed by atoms with van der Waals surface area (Å²) < 4.78 is 9.89. The molecule has 5 heteroatoms. The van der Waals surface area contributed by atoms with Crippen LogP contribution in [-0.4, -0.2) is 44.1 Å². The standard InChI is InChI=1S/C14H19NO4/c1-15(10-6-9-14(17)18-2)13(16)11-19-12-7-4-3-5-8-12/h3-5,7-8H,6,9-11H2,1-2H3. The van der Waals surface area contributed by atoms with Crippen molar-refractivity contribution in [3.8, 4) is 5.75 Å². The predicted molar refractivity (Wildman–Crippen MR) is 70.8 cm³/mol. The zero-order valence-corrected chi connectivity index (χ0v) is 11.3. The van der Waals surface area contributed by atoms with Gasteiger partial charge in [0.2, 0.25) is 0 Å². The van der Waals surface area contributed by atoms with Crippen LogP contribution in [0.4, 0.5) is 0 Å². The topological polar surface area (TPSA) is 55.8 Å². The normalized spacial score (nSPS) is 9.79. The van der Waals surface area contributed by atoms with E-state index in [0.717, 1.165) is 0 Å². The van der Waals surface area contributed by atoms with Crippen molar-refractivity contribution in [2.24, 2.45) is 0 Å². The maximum Gasteiger partial charge on any atom is 0.305 e. The third-order valence-corrected chi connectivity index (χ3v) is 2.63. The molecule has 19 heavy (non-hydrogen) atoms. The Kier molecular flexibility index (Phi) is 6.43.